The van der Waals surface area contributed by atoms with E-state index in [9.17, 15) is 14.7 Å². The Morgan fingerprint density at radius 1 is 1.38 bits per heavy atom. The lowest BCUT2D eigenvalue weighted by molar-refractivity contribution is -0.146. The second kappa shape index (κ2) is 4.56. The van der Waals surface area contributed by atoms with E-state index >= 15 is 0 Å². The minimum absolute atomic E-state index is 0.0630. The van der Waals surface area contributed by atoms with Crippen molar-refractivity contribution in [3.63, 3.8) is 0 Å². The summed E-state index contributed by atoms with van der Waals surface area (Å²) in [4.78, 5) is 27.2. The molecule has 26 heavy (non-hydrogen) atoms. The number of aryl methyl sites for hydroxylation is 1. The number of fused-ring (bicyclic) bond motifs is 7. The second-order valence-corrected chi connectivity index (χ2v) is 8.10. The zero-order valence-electron chi connectivity index (χ0n) is 14.3. The van der Waals surface area contributed by atoms with Crippen LogP contribution in [0.3, 0.4) is 0 Å². The van der Waals surface area contributed by atoms with Crippen LogP contribution < -0.4 is 4.90 Å². The average molecular weight is 353 g/mol. The van der Waals surface area contributed by atoms with Gasteiger partial charge in [0, 0.05) is 23.8 Å². The lowest BCUT2D eigenvalue weighted by Crippen LogP contribution is -2.53. The summed E-state index contributed by atoms with van der Waals surface area (Å²) < 4.78 is 12.3. The van der Waals surface area contributed by atoms with Crippen LogP contribution in [0, 0.1) is 24.7 Å². The lowest BCUT2D eigenvalue weighted by Gasteiger charge is -2.44. The summed E-state index contributed by atoms with van der Waals surface area (Å²) in [7, 11) is 0. The van der Waals surface area contributed by atoms with E-state index in [4.69, 9.17) is 9.47 Å². The van der Waals surface area contributed by atoms with Crippen molar-refractivity contribution >= 4 is 17.6 Å². The van der Waals surface area contributed by atoms with Gasteiger partial charge in [0.15, 0.2) is 0 Å². The second-order valence-electron chi connectivity index (χ2n) is 8.10. The fourth-order valence-corrected chi connectivity index (χ4v) is 6.04. The molecule has 5 heterocycles. The monoisotopic (exact) mass is 353 g/mol. The average Bonchev–Trinajstić information content (AvgIpc) is 3.35. The molecule has 0 radical (unpaired) electrons. The highest BCUT2D eigenvalue weighted by Gasteiger charge is 2.74. The van der Waals surface area contributed by atoms with E-state index in [1.165, 1.54) is 0 Å². The first kappa shape index (κ1) is 14.9. The van der Waals surface area contributed by atoms with Gasteiger partial charge in [-0.25, -0.2) is 0 Å². The molecule has 2 bridgehead atoms. The smallest absolute Gasteiger partial charge is 0.310 e. The van der Waals surface area contributed by atoms with Crippen molar-refractivity contribution in [2.75, 3.05) is 11.5 Å². The van der Waals surface area contributed by atoms with Gasteiger partial charge in [0.05, 0.1) is 24.2 Å². The maximum Gasteiger partial charge on any atom is 0.310 e. The molecule has 5 aliphatic rings. The predicted molar refractivity (Wildman–Crippen MR) is 90.6 cm³/mol. The van der Waals surface area contributed by atoms with E-state index < -0.39 is 29.5 Å². The molecule has 3 fully saturated rings. The molecule has 3 saturated heterocycles. The van der Waals surface area contributed by atoms with E-state index in [0.717, 1.165) is 23.2 Å². The topological polar surface area (TPSA) is 76.1 Å². The van der Waals surface area contributed by atoms with E-state index in [-0.39, 0.29) is 24.0 Å². The van der Waals surface area contributed by atoms with Crippen LogP contribution in [0.1, 0.15) is 23.7 Å². The minimum Gasteiger partial charge on any atom is -0.481 e. The molecule has 0 saturated carbocycles. The van der Waals surface area contributed by atoms with Gasteiger partial charge in [0.2, 0.25) is 5.91 Å². The van der Waals surface area contributed by atoms with Crippen molar-refractivity contribution < 1.29 is 24.2 Å². The van der Waals surface area contributed by atoms with Crippen molar-refractivity contribution in [2.24, 2.45) is 17.8 Å². The molecule has 134 valence electrons. The SMILES string of the molecule is Cc1ccc2c(c1)[C@@H]1OCC[C@@H]1[C@H]1N2C(=O)[C@@H]2[C@@H](C(=O)O)[C@H]3C=C[C@@]21O3. The summed E-state index contributed by atoms with van der Waals surface area (Å²) in [5, 5.41) is 9.74. The van der Waals surface area contributed by atoms with Gasteiger partial charge in [-0.2, -0.15) is 0 Å². The molecule has 0 unspecified atom stereocenters. The van der Waals surface area contributed by atoms with Crippen LogP contribution in [0.15, 0.2) is 30.4 Å². The molecule has 1 aromatic carbocycles. The number of amides is 1. The highest BCUT2D eigenvalue weighted by atomic mass is 16.5. The van der Waals surface area contributed by atoms with Gasteiger partial charge in [0.1, 0.15) is 11.5 Å². The van der Waals surface area contributed by atoms with Crippen LogP contribution in [-0.2, 0) is 19.1 Å². The number of aliphatic carboxylic acids is 1. The molecule has 6 rings (SSSR count). The zero-order chi connectivity index (χ0) is 17.8. The molecule has 1 N–H and O–H groups in total. The first-order valence-electron chi connectivity index (χ1n) is 9.18. The summed E-state index contributed by atoms with van der Waals surface area (Å²) in [6, 6.07) is 5.86. The van der Waals surface area contributed by atoms with E-state index in [2.05, 4.69) is 6.07 Å². The molecule has 1 aromatic rings. The Hall–Kier alpha value is -2.18. The molecule has 0 aromatic heterocycles. The van der Waals surface area contributed by atoms with Crippen LogP contribution in [0.25, 0.3) is 0 Å². The van der Waals surface area contributed by atoms with Crippen LogP contribution in [0.5, 0.6) is 0 Å². The standard InChI is InChI=1S/C20H19NO5/c1-9-2-3-12-11(8-9)16-10(5-7-25-16)17-20-6-4-13(26-20)14(19(23)24)15(20)18(22)21(12)17/h2-4,6,8,10,13-17H,5,7H2,1H3,(H,23,24)/t10-,13+,14-,15-,16+,17+,20+/m0/s1. The summed E-state index contributed by atoms with van der Waals surface area (Å²) in [6.07, 6.45) is 4.07. The lowest BCUT2D eigenvalue weighted by atomic mass is 9.70. The van der Waals surface area contributed by atoms with E-state index in [1.807, 2.05) is 36.1 Å². The fourth-order valence-electron chi connectivity index (χ4n) is 6.04. The van der Waals surface area contributed by atoms with Gasteiger partial charge >= 0.3 is 5.97 Å². The van der Waals surface area contributed by atoms with Gasteiger partial charge < -0.3 is 19.5 Å². The molecular formula is C20H19NO5. The van der Waals surface area contributed by atoms with Crippen molar-refractivity contribution in [3.05, 3.63) is 41.5 Å². The number of nitrogens with zero attached hydrogens (tertiary/aromatic N) is 1. The maximum atomic E-state index is 13.5. The number of rotatable bonds is 1. The molecule has 1 amide bonds. The number of anilines is 1. The molecule has 7 atom stereocenters. The molecule has 1 spiro atoms. The van der Waals surface area contributed by atoms with Gasteiger partial charge in [-0.3, -0.25) is 9.59 Å². The molecule has 0 aliphatic carbocycles. The van der Waals surface area contributed by atoms with Gasteiger partial charge in [-0.15, -0.1) is 0 Å². The number of ether oxygens (including phenoxy) is 2. The fraction of sp³-hybridized carbons (Fsp3) is 0.500. The Balaban J connectivity index is 1.59. The number of carbonyl (C=O) groups is 2. The van der Waals surface area contributed by atoms with Crippen LogP contribution in [-0.4, -0.2) is 41.3 Å². The minimum atomic E-state index is -0.956. The number of carboxylic acids is 1. The van der Waals surface area contributed by atoms with Crippen LogP contribution in [0.2, 0.25) is 0 Å². The third kappa shape index (κ3) is 1.48. The Kier molecular flexibility index (Phi) is 2.62. The first-order chi connectivity index (χ1) is 12.5. The van der Waals surface area contributed by atoms with Gasteiger partial charge in [0.25, 0.3) is 0 Å². The number of benzene rings is 1. The van der Waals surface area contributed by atoms with Crippen LogP contribution >= 0.6 is 0 Å². The van der Waals surface area contributed by atoms with Crippen molar-refractivity contribution in [1.82, 2.24) is 0 Å². The third-order valence-electron chi connectivity index (χ3n) is 6.91. The summed E-state index contributed by atoms with van der Waals surface area (Å²) in [5.41, 5.74) is 2.17. The first-order valence-corrected chi connectivity index (χ1v) is 9.18. The summed E-state index contributed by atoms with van der Waals surface area (Å²) >= 11 is 0. The Morgan fingerprint density at radius 2 is 2.23 bits per heavy atom. The Morgan fingerprint density at radius 3 is 3.04 bits per heavy atom. The normalized spacial score (nSPS) is 44.0. The van der Waals surface area contributed by atoms with Gasteiger partial charge in [-0.1, -0.05) is 29.8 Å². The summed E-state index contributed by atoms with van der Waals surface area (Å²) in [6.45, 7) is 2.68. The Labute approximate surface area is 150 Å². The predicted octanol–water partition coefficient (Wildman–Crippen LogP) is 1.83. The molecular weight excluding hydrogens is 334 g/mol. The molecule has 6 nitrogen and oxygen atoms in total. The van der Waals surface area contributed by atoms with Crippen molar-refractivity contribution in [1.29, 1.82) is 0 Å². The largest absolute Gasteiger partial charge is 0.481 e. The quantitative estimate of drug-likeness (QED) is 0.780. The number of hydrogen-bond acceptors (Lipinski definition) is 4. The van der Waals surface area contributed by atoms with Crippen LogP contribution in [0.4, 0.5) is 5.69 Å². The zero-order valence-corrected chi connectivity index (χ0v) is 14.3. The van der Waals surface area contributed by atoms with Crippen molar-refractivity contribution in [2.45, 2.75) is 37.2 Å². The van der Waals surface area contributed by atoms with Crippen molar-refractivity contribution in [3.8, 4) is 0 Å². The van der Waals surface area contributed by atoms with E-state index in [1.54, 1.807) is 0 Å². The van der Waals surface area contributed by atoms with Gasteiger partial charge in [-0.05, 0) is 19.4 Å². The number of hydrogen-bond donors (Lipinski definition) is 1. The Bertz CT molecular complexity index is 894. The summed E-state index contributed by atoms with van der Waals surface area (Å²) in [5.74, 6) is -2.43. The highest BCUT2D eigenvalue weighted by Crippen LogP contribution is 2.62. The third-order valence-corrected chi connectivity index (χ3v) is 6.91. The van der Waals surface area contributed by atoms with E-state index in [0.29, 0.717) is 6.61 Å². The maximum absolute atomic E-state index is 13.5. The number of carboxylic acid groups (broad SMARTS) is 1. The number of carbonyl (C=O) groups excluding carboxylic acids is 1. The molecule has 6 heteroatoms. The molecule has 5 aliphatic heterocycles. The highest BCUT2D eigenvalue weighted by molar-refractivity contribution is 6.04.